The molecule has 1 N–H and O–H groups in total. The highest BCUT2D eigenvalue weighted by atomic mass is 19.1. The maximum Gasteiger partial charge on any atom is 0.131 e. The first-order chi connectivity index (χ1) is 9.52. The van der Waals surface area contributed by atoms with Crippen LogP contribution in [0.5, 0.6) is 0 Å². The molecule has 3 heteroatoms. The summed E-state index contributed by atoms with van der Waals surface area (Å²) in [5, 5.41) is 3.16. The van der Waals surface area contributed by atoms with Crippen LogP contribution in [0.4, 0.5) is 8.78 Å². The fourth-order valence-corrected chi connectivity index (χ4v) is 2.47. The molecule has 0 unspecified atom stereocenters. The van der Waals surface area contributed by atoms with Crippen molar-refractivity contribution in [2.75, 3.05) is 6.54 Å². The van der Waals surface area contributed by atoms with Crippen molar-refractivity contribution in [2.45, 2.75) is 27.3 Å². The van der Waals surface area contributed by atoms with Crippen molar-refractivity contribution in [3.05, 3.63) is 58.7 Å². The Kier molecular flexibility index (Phi) is 4.50. The van der Waals surface area contributed by atoms with E-state index in [2.05, 4.69) is 5.32 Å². The van der Waals surface area contributed by atoms with E-state index in [1.165, 1.54) is 18.2 Å². The summed E-state index contributed by atoms with van der Waals surface area (Å²) >= 11 is 0. The summed E-state index contributed by atoms with van der Waals surface area (Å²) in [4.78, 5) is 0. The molecular weight excluding hydrogens is 256 g/mol. The zero-order valence-corrected chi connectivity index (χ0v) is 12.1. The van der Waals surface area contributed by atoms with Gasteiger partial charge in [-0.2, -0.15) is 0 Å². The smallest absolute Gasteiger partial charge is 0.131 e. The van der Waals surface area contributed by atoms with Crippen LogP contribution in [-0.4, -0.2) is 6.54 Å². The van der Waals surface area contributed by atoms with Gasteiger partial charge in [0.1, 0.15) is 11.6 Å². The summed E-state index contributed by atoms with van der Waals surface area (Å²) in [6.07, 6.45) is 0. The summed E-state index contributed by atoms with van der Waals surface area (Å²) in [5.74, 6) is -0.557. The molecule has 0 saturated carbocycles. The summed E-state index contributed by atoms with van der Waals surface area (Å²) in [7, 11) is 0. The highest BCUT2D eigenvalue weighted by molar-refractivity contribution is 5.71. The second-order valence-corrected chi connectivity index (χ2v) is 5.02. The molecular formula is C17H19F2N. The highest BCUT2D eigenvalue weighted by Gasteiger charge is 2.13. The van der Waals surface area contributed by atoms with Gasteiger partial charge < -0.3 is 5.32 Å². The molecule has 0 atom stereocenters. The molecule has 20 heavy (non-hydrogen) atoms. The van der Waals surface area contributed by atoms with Crippen LogP contribution in [-0.2, 0) is 6.54 Å². The predicted octanol–water partition coefficient (Wildman–Crippen LogP) is 4.36. The van der Waals surface area contributed by atoms with Crippen LogP contribution >= 0.6 is 0 Å². The standard InChI is InChI=1S/C17H19F2N/c1-4-20-10-13-9-14(18)5-6-15(13)17-12(3)7-11(2)8-16(17)19/h5-9,20H,4,10H2,1-3H3. The minimum atomic E-state index is -0.299. The molecule has 0 heterocycles. The van der Waals surface area contributed by atoms with Gasteiger partial charge >= 0.3 is 0 Å². The molecule has 0 saturated heterocycles. The molecule has 2 rings (SSSR count). The first kappa shape index (κ1) is 14.7. The quantitative estimate of drug-likeness (QED) is 0.874. The number of aryl methyl sites for hydroxylation is 2. The van der Waals surface area contributed by atoms with E-state index < -0.39 is 0 Å². The molecule has 2 aromatic rings. The van der Waals surface area contributed by atoms with Gasteiger partial charge in [0.25, 0.3) is 0 Å². The number of rotatable bonds is 4. The number of hydrogen-bond donors (Lipinski definition) is 1. The minimum absolute atomic E-state index is 0.258. The largest absolute Gasteiger partial charge is 0.313 e. The average molecular weight is 275 g/mol. The summed E-state index contributed by atoms with van der Waals surface area (Å²) in [6, 6.07) is 7.96. The lowest BCUT2D eigenvalue weighted by molar-refractivity contribution is 0.619. The van der Waals surface area contributed by atoms with Crippen molar-refractivity contribution in [2.24, 2.45) is 0 Å². The van der Waals surface area contributed by atoms with E-state index in [1.54, 1.807) is 6.07 Å². The van der Waals surface area contributed by atoms with E-state index in [-0.39, 0.29) is 11.6 Å². The number of halogens is 2. The molecule has 2 aromatic carbocycles. The SMILES string of the molecule is CCNCc1cc(F)ccc1-c1c(C)cc(C)cc1F. The van der Waals surface area contributed by atoms with E-state index in [0.29, 0.717) is 12.1 Å². The Bertz CT molecular complexity index is 597. The van der Waals surface area contributed by atoms with Crippen molar-refractivity contribution < 1.29 is 8.78 Å². The van der Waals surface area contributed by atoms with Crippen LogP contribution in [0, 0.1) is 25.5 Å². The first-order valence-electron chi connectivity index (χ1n) is 6.79. The maximum absolute atomic E-state index is 14.3. The Hall–Kier alpha value is -1.74. The minimum Gasteiger partial charge on any atom is -0.313 e. The van der Waals surface area contributed by atoms with Gasteiger partial charge in [-0.25, -0.2) is 8.78 Å². The molecule has 0 aliphatic heterocycles. The van der Waals surface area contributed by atoms with Crippen molar-refractivity contribution >= 4 is 0 Å². The molecule has 0 bridgehead atoms. The number of nitrogens with one attached hydrogen (secondary N) is 1. The predicted molar refractivity (Wildman–Crippen MR) is 78.6 cm³/mol. The van der Waals surface area contributed by atoms with Crippen LogP contribution in [0.3, 0.4) is 0 Å². The van der Waals surface area contributed by atoms with Crippen molar-refractivity contribution in [1.29, 1.82) is 0 Å². The van der Waals surface area contributed by atoms with Crippen LogP contribution in [0.1, 0.15) is 23.6 Å². The molecule has 0 spiro atoms. The van der Waals surface area contributed by atoms with Gasteiger partial charge in [-0.1, -0.05) is 19.1 Å². The Morgan fingerprint density at radius 1 is 1.05 bits per heavy atom. The molecule has 0 aliphatic carbocycles. The third-order valence-corrected chi connectivity index (χ3v) is 3.33. The van der Waals surface area contributed by atoms with Crippen molar-refractivity contribution in [3.8, 4) is 11.1 Å². The van der Waals surface area contributed by atoms with Gasteiger partial charge in [0.15, 0.2) is 0 Å². The Morgan fingerprint density at radius 3 is 2.45 bits per heavy atom. The summed E-state index contributed by atoms with van der Waals surface area (Å²) in [5.41, 5.74) is 3.84. The average Bonchev–Trinajstić information content (AvgIpc) is 2.37. The van der Waals surface area contributed by atoms with Gasteiger partial charge in [0.05, 0.1) is 0 Å². The monoisotopic (exact) mass is 275 g/mol. The van der Waals surface area contributed by atoms with E-state index in [0.717, 1.165) is 28.8 Å². The zero-order chi connectivity index (χ0) is 14.7. The van der Waals surface area contributed by atoms with Crippen molar-refractivity contribution in [1.82, 2.24) is 5.32 Å². The molecule has 1 nitrogen and oxygen atoms in total. The number of hydrogen-bond acceptors (Lipinski definition) is 1. The van der Waals surface area contributed by atoms with Crippen molar-refractivity contribution in [3.63, 3.8) is 0 Å². The Labute approximate surface area is 118 Å². The van der Waals surface area contributed by atoms with Crippen LogP contribution in [0.25, 0.3) is 11.1 Å². The third-order valence-electron chi connectivity index (χ3n) is 3.33. The van der Waals surface area contributed by atoms with Crippen LogP contribution in [0.15, 0.2) is 30.3 Å². The lowest BCUT2D eigenvalue weighted by Gasteiger charge is -2.14. The van der Waals surface area contributed by atoms with Crippen LogP contribution < -0.4 is 5.32 Å². The lowest BCUT2D eigenvalue weighted by Crippen LogP contribution is -2.13. The Balaban J connectivity index is 2.57. The number of benzene rings is 2. The van der Waals surface area contributed by atoms with E-state index >= 15 is 0 Å². The van der Waals surface area contributed by atoms with Crippen LogP contribution in [0.2, 0.25) is 0 Å². The van der Waals surface area contributed by atoms with Gasteiger partial charge in [0.2, 0.25) is 0 Å². The topological polar surface area (TPSA) is 12.0 Å². The summed E-state index contributed by atoms with van der Waals surface area (Å²) < 4.78 is 27.7. The first-order valence-corrected chi connectivity index (χ1v) is 6.79. The lowest BCUT2D eigenvalue weighted by atomic mass is 9.94. The fourth-order valence-electron chi connectivity index (χ4n) is 2.47. The van der Waals surface area contributed by atoms with Gasteiger partial charge in [-0.15, -0.1) is 0 Å². The second-order valence-electron chi connectivity index (χ2n) is 5.02. The van der Waals surface area contributed by atoms with Gasteiger partial charge in [-0.05, 0) is 60.8 Å². The maximum atomic E-state index is 14.3. The van der Waals surface area contributed by atoms with E-state index in [1.807, 2.05) is 26.8 Å². The highest BCUT2D eigenvalue weighted by Crippen LogP contribution is 2.31. The molecule has 0 fully saturated rings. The molecule has 0 radical (unpaired) electrons. The zero-order valence-electron chi connectivity index (χ0n) is 12.1. The Morgan fingerprint density at radius 2 is 1.80 bits per heavy atom. The van der Waals surface area contributed by atoms with E-state index in [9.17, 15) is 8.78 Å². The molecule has 106 valence electrons. The third kappa shape index (κ3) is 3.05. The molecule has 0 aliphatic rings. The molecule has 0 aromatic heterocycles. The van der Waals surface area contributed by atoms with Gasteiger partial charge in [-0.3, -0.25) is 0 Å². The second kappa shape index (κ2) is 6.14. The fraction of sp³-hybridized carbons (Fsp3) is 0.294. The normalized spacial score (nSPS) is 10.8. The summed E-state index contributed by atoms with van der Waals surface area (Å²) in [6.45, 7) is 7.04. The molecule has 0 amide bonds. The van der Waals surface area contributed by atoms with E-state index in [4.69, 9.17) is 0 Å². The van der Waals surface area contributed by atoms with Gasteiger partial charge in [0, 0.05) is 12.1 Å².